The van der Waals surface area contributed by atoms with Crippen LogP contribution in [0.15, 0.2) is 41.0 Å². The van der Waals surface area contributed by atoms with Gasteiger partial charge in [-0.05, 0) is 49.7 Å². The lowest BCUT2D eigenvalue weighted by atomic mass is 10.1. The van der Waals surface area contributed by atoms with E-state index in [9.17, 15) is 4.79 Å². The Bertz CT molecular complexity index is 688. The summed E-state index contributed by atoms with van der Waals surface area (Å²) in [7, 11) is 1.64. The van der Waals surface area contributed by atoms with Crippen molar-refractivity contribution in [3.63, 3.8) is 0 Å². The first-order valence-corrected chi connectivity index (χ1v) is 8.41. The zero-order valence-corrected chi connectivity index (χ0v) is 14.4. The molecule has 2 heterocycles. The molecule has 2 aromatic rings. The largest absolute Gasteiger partial charge is 0.496 e. The molecule has 0 aliphatic carbocycles. The average molecular weight is 349 g/mol. The molecule has 1 aliphatic rings. The number of rotatable bonds is 6. The maximum atomic E-state index is 12.5. The topological polar surface area (TPSA) is 54.7 Å². The molecule has 1 amide bonds. The quantitative estimate of drug-likeness (QED) is 0.870. The summed E-state index contributed by atoms with van der Waals surface area (Å²) >= 11 is 6.10. The summed E-state index contributed by atoms with van der Waals surface area (Å²) < 4.78 is 10.7. The number of carbonyl (C=O) groups is 1. The lowest BCUT2D eigenvalue weighted by Gasteiger charge is -2.24. The van der Waals surface area contributed by atoms with Crippen molar-refractivity contribution in [1.29, 1.82) is 0 Å². The van der Waals surface area contributed by atoms with Gasteiger partial charge in [-0.2, -0.15) is 0 Å². The van der Waals surface area contributed by atoms with Crippen molar-refractivity contribution in [2.24, 2.45) is 0 Å². The second-order valence-electron chi connectivity index (χ2n) is 5.88. The van der Waals surface area contributed by atoms with E-state index in [1.807, 2.05) is 24.3 Å². The molecule has 1 saturated heterocycles. The molecule has 1 atom stereocenters. The number of amides is 1. The first kappa shape index (κ1) is 16.9. The number of furan rings is 1. The van der Waals surface area contributed by atoms with E-state index in [0.29, 0.717) is 18.1 Å². The van der Waals surface area contributed by atoms with E-state index in [1.54, 1.807) is 19.4 Å². The number of likely N-dealkylation sites (tertiary alicyclic amines) is 1. The van der Waals surface area contributed by atoms with Gasteiger partial charge in [0.25, 0.3) is 0 Å². The summed E-state index contributed by atoms with van der Waals surface area (Å²) in [6, 6.07) is 9.10. The van der Waals surface area contributed by atoms with Gasteiger partial charge in [0.15, 0.2) is 0 Å². The molecule has 3 rings (SSSR count). The van der Waals surface area contributed by atoms with E-state index in [2.05, 4.69) is 10.2 Å². The second kappa shape index (κ2) is 7.73. The van der Waals surface area contributed by atoms with Crippen LogP contribution in [0.1, 0.15) is 24.2 Å². The predicted octanol–water partition coefficient (Wildman–Crippen LogP) is 3.22. The van der Waals surface area contributed by atoms with Crippen molar-refractivity contribution in [3.8, 4) is 5.75 Å². The van der Waals surface area contributed by atoms with Crippen LogP contribution in [0.3, 0.4) is 0 Å². The Labute approximate surface area is 146 Å². The minimum Gasteiger partial charge on any atom is -0.496 e. The van der Waals surface area contributed by atoms with E-state index >= 15 is 0 Å². The molecule has 0 bridgehead atoms. The smallest absolute Gasteiger partial charge is 0.237 e. The number of benzene rings is 1. The van der Waals surface area contributed by atoms with Gasteiger partial charge in [0, 0.05) is 17.1 Å². The highest BCUT2D eigenvalue weighted by molar-refractivity contribution is 6.30. The van der Waals surface area contributed by atoms with Crippen LogP contribution in [0.4, 0.5) is 0 Å². The van der Waals surface area contributed by atoms with Gasteiger partial charge >= 0.3 is 0 Å². The predicted molar refractivity (Wildman–Crippen MR) is 92.0 cm³/mol. The van der Waals surface area contributed by atoms with E-state index in [-0.39, 0.29) is 11.9 Å². The van der Waals surface area contributed by atoms with Crippen molar-refractivity contribution < 1.29 is 13.9 Å². The Kier molecular flexibility index (Phi) is 5.43. The average Bonchev–Trinajstić information content (AvgIpc) is 3.24. The third kappa shape index (κ3) is 3.91. The fourth-order valence-electron chi connectivity index (χ4n) is 3.11. The molecule has 1 aromatic heterocycles. The van der Waals surface area contributed by atoms with Crippen LogP contribution in [0.5, 0.6) is 5.75 Å². The molecule has 1 unspecified atom stereocenters. The fraction of sp³-hybridized carbons (Fsp3) is 0.389. The molecule has 128 valence electrons. The molecule has 1 fully saturated rings. The van der Waals surface area contributed by atoms with Crippen molar-refractivity contribution >= 4 is 17.5 Å². The Morgan fingerprint density at radius 2 is 2.33 bits per heavy atom. The van der Waals surface area contributed by atoms with Crippen LogP contribution in [0.2, 0.25) is 5.02 Å². The number of hydrogen-bond donors (Lipinski definition) is 1. The van der Waals surface area contributed by atoms with Gasteiger partial charge in [0.1, 0.15) is 11.5 Å². The van der Waals surface area contributed by atoms with Gasteiger partial charge in [-0.3, -0.25) is 9.69 Å². The van der Waals surface area contributed by atoms with Gasteiger partial charge in [0.2, 0.25) is 5.91 Å². The summed E-state index contributed by atoms with van der Waals surface area (Å²) in [5.41, 5.74) is 0.996. The molecule has 1 aliphatic heterocycles. The van der Waals surface area contributed by atoms with Crippen molar-refractivity contribution in [3.05, 3.63) is 52.9 Å². The molecular weight excluding hydrogens is 328 g/mol. The molecule has 0 saturated carbocycles. The first-order chi connectivity index (χ1) is 11.7. The van der Waals surface area contributed by atoms with Crippen molar-refractivity contribution in [1.82, 2.24) is 10.2 Å². The van der Waals surface area contributed by atoms with E-state index in [0.717, 1.165) is 36.5 Å². The number of carbonyl (C=O) groups excluding carboxylic acids is 1. The van der Waals surface area contributed by atoms with Crippen LogP contribution in [-0.4, -0.2) is 30.5 Å². The van der Waals surface area contributed by atoms with Crippen molar-refractivity contribution in [2.75, 3.05) is 13.7 Å². The highest BCUT2D eigenvalue weighted by Gasteiger charge is 2.31. The zero-order valence-electron chi connectivity index (χ0n) is 13.6. The maximum Gasteiger partial charge on any atom is 0.237 e. The summed E-state index contributed by atoms with van der Waals surface area (Å²) in [6.45, 7) is 1.94. The Morgan fingerprint density at radius 3 is 3.08 bits per heavy atom. The van der Waals surface area contributed by atoms with Crippen molar-refractivity contribution in [2.45, 2.75) is 32.0 Å². The fourth-order valence-corrected chi connectivity index (χ4v) is 3.30. The lowest BCUT2D eigenvalue weighted by molar-refractivity contribution is -0.125. The molecule has 0 radical (unpaired) electrons. The Hall–Kier alpha value is -1.98. The number of nitrogens with one attached hydrogen (secondary N) is 1. The Balaban J connectivity index is 1.64. The number of hydrogen-bond acceptors (Lipinski definition) is 4. The molecule has 6 heteroatoms. The minimum atomic E-state index is -0.136. The number of methoxy groups -OCH3 is 1. The van der Waals surface area contributed by atoms with Crippen LogP contribution < -0.4 is 10.1 Å². The standard InChI is InChI=1S/C18H21ClN2O3/c1-23-17-7-6-14(19)10-13(17)12-21-8-2-5-16(21)18(22)20-11-15-4-3-9-24-15/h3-4,6-7,9-10,16H,2,5,8,11-12H2,1H3,(H,20,22). The normalized spacial score (nSPS) is 17.8. The van der Waals surface area contributed by atoms with Crippen LogP contribution in [0, 0.1) is 0 Å². The van der Waals surface area contributed by atoms with E-state index < -0.39 is 0 Å². The molecule has 1 aromatic carbocycles. The minimum absolute atomic E-state index is 0.0323. The number of nitrogens with zero attached hydrogens (tertiary/aromatic N) is 1. The summed E-state index contributed by atoms with van der Waals surface area (Å²) in [5.74, 6) is 1.58. The zero-order chi connectivity index (χ0) is 16.9. The van der Waals surface area contributed by atoms with E-state index in [4.69, 9.17) is 20.8 Å². The van der Waals surface area contributed by atoms with Crippen LogP contribution >= 0.6 is 11.6 Å². The third-order valence-electron chi connectivity index (χ3n) is 4.30. The molecule has 5 nitrogen and oxygen atoms in total. The monoisotopic (exact) mass is 348 g/mol. The number of ether oxygens (including phenoxy) is 1. The first-order valence-electron chi connectivity index (χ1n) is 8.04. The summed E-state index contributed by atoms with van der Waals surface area (Å²) in [6.07, 6.45) is 3.46. The molecule has 0 spiro atoms. The van der Waals surface area contributed by atoms with Gasteiger partial charge < -0.3 is 14.5 Å². The molecular formula is C18H21ClN2O3. The molecule has 24 heavy (non-hydrogen) atoms. The summed E-state index contributed by atoms with van der Waals surface area (Å²) in [5, 5.41) is 3.62. The lowest BCUT2D eigenvalue weighted by Crippen LogP contribution is -2.42. The van der Waals surface area contributed by atoms with Crippen LogP contribution in [0.25, 0.3) is 0 Å². The van der Waals surface area contributed by atoms with Gasteiger partial charge in [-0.15, -0.1) is 0 Å². The van der Waals surface area contributed by atoms with Crippen LogP contribution in [-0.2, 0) is 17.9 Å². The van der Waals surface area contributed by atoms with Gasteiger partial charge in [-0.25, -0.2) is 0 Å². The van der Waals surface area contributed by atoms with E-state index in [1.165, 1.54) is 0 Å². The highest BCUT2D eigenvalue weighted by Crippen LogP contribution is 2.27. The Morgan fingerprint density at radius 1 is 1.46 bits per heavy atom. The molecule has 1 N–H and O–H groups in total. The van der Waals surface area contributed by atoms with Gasteiger partial charge in [0.05, 0.1) is 26.0 Å². The maximum absolute atomic E-state index is 12.5. The highest BCUT2D eigenvalue weighted by atomic mass is 35.5. The number of halogens is 1. The third-order valence-corrected chi connectivity index (χ3v) is 4.53. The SMILES string of the molecule is COc1ccc(Cl)cc1CN1CCCC1C(=O)NCc1ccco1. The second-order valence-corrected chi connectivity index (χ2v) is 6.32. The summed E-state index contributed by atoms with van der Waals surface area (Å²) in [4.78, 5) is 14.7. The van der Waals surface area contributed by atoms with Gasteiger partial charge in [-0.1, -0.05) is 11.6 Å².